The van der Waals surface area contributed by atoms with Crippen LogP contribution in [0.1, 0.15) is 22.3 Å². The van der Waals surface area contributed by atoms with Crippen LogP contribution in [0.25, 0.3) is 0 Å². The molecule has 1 atom stereocenters. The lowest BCUT2D eigenvalue weighted by Gasteiger charge is -2.08. The minimum Gasteiger partial charge on any atom is -0.399 e. The van der Waals surface area contributed by atoms with E-state index in [2.05, 4.69) is 5.32 Å². The first-order valence-electron chi connectivity index (χ1n) is 5.45. The van der Waals surface area contributed by atoms with Crippen molar-refractivity contribution < 1.29 is 9.00 Å². The molecule has 0 spiro atoms. The summed E-state index contributed by atoms with van der Waals surface area (Å²) in [5, 5.41) is 2.79. The molecule has 0 saturated heterocycles. The second-order valence-electron chi connectivity index (χ2n) is 3.96. The van der Waals surface area contributed by atoms with E-state index in [0.717, 1.165) is 12.0 Å². The van der Waals surface area contributed by atoms with Gasteiger partial charge in [0.25, 0.3) is 5.91 Å². The Kier molecular flexibility index (Phi) is 5.15. The van der Waals surface area contributed by atoms with Gasteiger partial charge in [-0.1, -0.05) is 6.07 Å². The lowest BCUT2D eigenvalue weighted by molar-refractivity contribution is 0.0953. The van der Waals surface area contributed by atoms with Gasteiger partial charge >= 0.3 is 0 Å². The molecule has 0 radical (unpaired) electrons. The normalized spacial score (nSPS) is 12.1. The highest BCUT2D eigenvalue weighted by Gasteiger charge is 2.08. The van der Waals surface area contributed by atoms with Gasteiger partial charge in [-0.05, 0) is 31.0 Å². The fraction of sp³-hybridized carbons (Fsp3) is 0.417. The van der Waals surface area contributed by atoms with E-state index >= 15 is 0 Å². The average Bonchev–Trinajstić information content (AvgIpc) is 2.27. The molecule has 4 nitrogen and oxygen atoms in total. The zero-order chi connectivity index (χ0) is 12.8. The molecule has 0 aliphatic carbocycles. The number of benzene rings is 1. The topological polar surface area (TPSA) is 72.2 Å². The monoisotopic (exact) mass is 254 g/mol. The largest absolute Gasteiger partial charge is 0.399 e. The second-order valence-corrected chi connectivity index (χ2v) is 5.52. The molecule has 1 aromatic rings. The average molecular weight is 254 g/mol. The van der Waals surface area contributed by atoms with E-state index in [-0.39, 0.29) is 5.91 Å². The molecule has 3 N–H and O–H groups in total. The van der Waals surface area contributed by atoms with Crippen LogP contribution in [-0.2, 0) is 10.8 Å². The van der Waals surface area contributed by atoms with Gasteiger partial charge in [-0.2, -0.15) is 0 Å². The SMILES string of the molecule is Cc1ccc(N)cc1C(=O)NCCCS(C)=O. The van der Waals surface area contributed by atoms with Gasteiger partial charge in [0.05, 0.1) is 0 Å². The number of anilines is 1. The Morgan fingerprint density at radius 2 is 2.18 bits per heavy atom. The summed E-state index contributed by atoms with van der Waals surface area (Å²) in [6, 6.07) is 5.26. The van der Waals surface area contributed by atoms with E-state index in [4.69, 9.17) is 5.73 Å². The first kappa shape index (κ1) is 13.7. The molecule has 0 heterocycles. The second kappa shape index (κ2) is 6.39. The van der Waals surface area contributed by atoms with Crippen molar-refractivity contribution in [2.24, 2.45) is 0 Å². The van der Waals surface area contributed by atoms with Crippen LogP contribution in [0.3, 0.4) is 0 Å². The zero-order valence-corrected chi connectivity index (χ0v) is 11.0. The van der Waals surface area contributed by atoms with Gasteiger partial charge in [0.15, 0.2) is 0 Å². The molecule has 5 heteroatoms. The van der Waals surface area contributed by atoms with Gasteiger partial charge in [-0.25, -0.2) is 0 Å². The molecule has 0 bridgehead atoms. The van der Waals surface area contributed by atoms with Crippen LogP contribution < -0.4 is 11.1 Å². The molecule has 1 aromatic carbocycles. The van der Waals surface area contributed by atoms with Crippen molar-refractivity contribution in [2.45, 2.75) is 13.3 Å². The maximum Gasteiger partial charge on any atom is 0.251 e. The van der Waals surface area contributed by atoms with Gasteiger partial charge in [-0.15, -0.1) is 0 Å². The molecule has 1 unspecified atom stereocenters. The smallest absolute Gasteiger partial charge is 0.251 e. The molecular formula is C12H18N2O2S. The highest BCUT2D eigenvalue weighted by atomic mass is 32.2. The van der Waals surface area contributed by atoms with Gasteiger partial charge in [-0.3, -0.25) is 9.00 Å². The van der Waals surface area contributed by atoms with Gasteiger partial charge in [0.2, 0.25) is 0 Å². The highest BCUT2D eigenvalue weighted by Crippen LogP contribution is 2.12. The van der Waals surface area contributed by atoms with Gasteiger partial charge < -0.3 is 11.1 Å². The standard InChI is InChI=1S/C12H18N2O2S/c1-9-4-5-10(13)8-11(9)12(15)14-6-3-7-17(2)16/h4-5,8H,3,6-7,13H2,1-2H3,(H,14,15). The highest BCUT2D eigenvalue weighted by molar-refractivity contribution is 7.84. The Morgan fingerprint density at radius 3 is 2.82 bits per heavy atom. The minimum atomic E-state index is -0.804. The summed E-state index contributed by atoms with van der Waals surface area (Å²) in [5.41, 5.74) is 7.72. The van der Waals surface area contributed by atoms with Gasteiger partial charge in [0.1, 0.15) is 0 Å². The molecule has 0 fully saturated rings. The molecule has 0 saturated carbocycles. The summed E-state index contributed by atoms with van der Waals surface area (Å²) in [7, 11) is -0.804. The number of carbonyl (C=O) groups excluding carboxylic acids is 1. The van der Waals surface area contributed by atoms with Crippen LogP contribution in [0.2, 0.25) is 0 Å². The summed E-state index contributed by atoms with van der Waals surface area (Å²) in [6.07, 6.45) is 2.38. The van der Waals surface area contributed by atoms with E-state index in [1.54, 1.807) is 18.4 Å². The van der Waals surface area contributed by atoms with Crippen molar-refractivity contribution in [3.63, 3.8) is 0 Å². The van der Waals surface area contributed by atoms with E-state index in [9.17, 15) is 9.00 Å². The summed E-state index contributed by atoms with van der Waals surface area (Å²) in [5.74, 6) is 0.479. The molecule has 0 aliphatic rings. The fourth-order valence-electron chi connectivity index (χ4n) is 1.46. The van der Waals surface area contributed by atoms with E-state index in [1.807, 2.05) is 13.0 Å². The van der Waals surface area contributed by atoms with Crippen molar-refractivity contribution in [2.75, 3.05) is 24.3 Å². The summed E-state index contributed by atoms with van der Waals surface area (Å²) in [6.45, 7) is 2.40. The summed E-state index contributed by atoms with van der Waals surface area (Å²) < 4.78 is 10.8. The van der Waals surface area contributed by atoms with Crippen molar-refractivity contribution in [1.29, 1.82) is 0 Å². The molecule has 17 heavy (non-hydrogen) atoms. The summed E-state index contributed by atoms with van der Waals surface area (Å²) >= 11 is 0. The molecule has 0 aliphatic heterocycles. The first-order chi connectivity index (χ1) is 8.00. The zero-order valence-electron chi connectivity index (χ0n) is 10.2. The number of nitrogen functional groups attached to an aromatic ring is 1. The minimum absolute atomic E-state index is 0.128. The van der Waals surface area contributed by atoms with Crippen molar-refractivity contribution in [1.82, 2.24) is 5.32 Å². The number of hydrogen-bond acceptors (Lipinski definition) is 3. The van der Waals surface area contributed by atoms with Gasteiger partial charge in [0, 0.05) is 40.6 Å². The first-order valence-corrected chi connectivity index (χ1v) is 7.18. The number of amides is 1. The third-order valence-electron chi connectivity index (χ3n) is 2.40. The third-order valence-corrected chi connectivity index (χ3v) is 3.26. The van der Waals surface area contributed by atoms with Crippen molar-refractivity contribution >= 4 is 22.4 Å². The maximum absolute atomic E-state index is 11.8. The number of hydrogen-bond donors (Lipinski definition) is 2. The Morgan fingerprint density at radius 1 is 1.47 bits per heavy atom. The maximum atomic E-state index is 11.8. The Labute approximate surface area is 104 Å². The number of carbonyl (C=O) groups is 1. The number of nitrogens with two attached hydrogens (primary N) is 1. The lowest BCUT2D eigenvalue weighted by atomic mass is 10.1. The van der Waals surface area contributed by atoms with E-state index < -0.39 is 10.8 Å². The number of rotatable bonds is 5. The third kappa shape index (κ3) is 4.56. The van der Waals surface area contributed by atoms with Crippen LogP contribution in [0.4, 0.5) is 5.69 Å². The number of aryl methyl sites for hydroxylation is 1. The quantitative estimate of drug-likeness (QED) is 0.610. The van der Waals surface area contributed by atoms with E-state index in [0.29, 0.717) is 23.5 Å². The van der Waals surface area contributed by atoms with Crippen LogP contribution in [0.5, 0.6) is 0 Å². The lowest BCUT2D eigenvalue weighted by Crippen LogP contribution is -2.26. The summed E-state index contributed by atoms with van der Waals surface area (Å²) in [4.78, 5) is 11.8. The predicted molar refractivity (Wildman–Crippen MR) is 71.5 cm³/mol. The molecule has 1 rings (SSSR count). The molecular weight excluding hydrogens is 236 g/mol. The molecule has 1 amide bonds. The van der Waals surface area contributed by atoms with Crippen molar-refractivity contribution in [3.05, 3.63) is 29.3 Å². The molecule has 94 valence electrons. The Bertz CT molecular complexity index is 433. The molecule has 0 aromatic heterocycles. The van der Waals surface area contributed by atoms with Crippen molar-refractivity contribution in [3.8, 4) is 0 Å². The Hall–Kier alpha value is -1.36. The van der Waals surface area contributed by atoms with E-state index in [1.165, 1.54) is 0 Å². The predicted octanol–water partition coefficient (Wildman–Crippen LogP) is 1.08. The number of nitrogens with one attached hydrogen (secondary N) is 1. The van der Waals surface area contributed by atoms with Crippen LogP contribution >= 0.6 is 0 Å². The van der Waals surface area contributed by atoms with Crippen LogP contribution in [0, 0.1) is 6.92 Å². The van der Waals surface area contributed by atoms with Crippen LogP contribution in [0.15, 0.2) is 18.2 Å². The fourth-order valence-corrected chi connectivity index (χ4v) is 2.01. The van der Waals surface area contributed by atoms with Crippen LogP contribution in [-0.4, -0.2) is 28.7 Å². The Balaban J connectivity index is 2.52.